The number of ketones is 1. The van der Waals surface area contributed by atoms with Gasteiger partial charge in [0.05, 0.1) is 10.6 Å². The van der Waals surface area contributed by atoms with Gasteiger partial charge < -0.3 is 10.4 Å². The van der Waals surface area contributed by atoms with Gasteiger partial charge in [0, 0.05) is 23.8 Å². The highest BCUT2D eigenvalue weighted by atomic mass is 35.5. The molecule has 0 amide bonds. The molecule has 2 aromatic rings. The SMILES string of the molecule is CC[C@H](NCCCO)c1ccc(Cl)c(C(=O)c2ccccc2)c1F. The Morgan fingerprint density at radius 3 is 2.58 bits per heavy atom. The number of aliphatic hydroxyl groups excluding tert-OH is 1. The quantitative estimate of drug-likeness (QED) is 0.556. The number of halogens is 2. The molecule has 5 heteroatoms. The van der Waals surface area contributed by atoms with Crippen molar-refractivity contribution >= 4 is 17.4 Å². The minimum absolute atomic E-state index is 0.0737. The van der Waals surface area contributed by atoms with Crippen molar-refractivity contribution in [2.75, 3.05) is 13.2 Å². The summed E-state index contributed by atoms with van der Waals surface area (Å²) in [7, 11) is 0. The van der Waals surface area contributed by atoms with Crippen LogP contribution < -0.4 is 5.32 Å². The molecule has 0 aliphatic rings. The second kappa shape index (κ2) is 8.92. The number of carbonyl (C=O) groups excluding carboxylic acids is 1. The molecule has 128 valence electrons. The third-order valence-corrected chi connectivity index (χ3v) is 4.21. The molecule has 0 bridgehead atoms. The Balaban J connectivity index is 2.38. The maximum absolute atomic E-state index is 15.0. The van der Waals surface area contributed by atoms with Crippen LogP contribution in [0.4, 0.5) is 4.39 Å². The van der Waals surface area contributed by atoms with Gasteiger partial charge >= 0.3 is 0 Å². The van der Waals surface area contributed by atoms with Crippen LogP contribution in [0.5, 0.6) is 0 Å². The van der Waals surface area contributed by atoms with Crippen molar-refractivity contribution in [2.45, 2.75) is 25.8 Å². The molecule has 0 spiro atoms. The van der Waals surface area contributed by atoms with Gasteiger partial charge in [0.15, 0.2) is 5.78 Å². The predicted octanol–water partition coefficient (Wildman–Crippen LogP) is 4.13. The molecule has 0 heterocycles. The van der Waals surface area contributed by atoms with E-state index in [1.54, 1.807) is 42.5 Å². The number of hydrogen-bond donors (Lipinski definition) is 2. The zero-order valence-corrected chi connectivity index (χ0v) is 14.3. The lowest BCUT2D eigenvalue weighted by atomic mass is 9.96. The van der Waals surface area contributed by atoms with Crippen LogP contribution in [0.15, 0.2) is 42.5 Å². The first-order valence-electron chi connectivity index (χ1n) is 8.02. The fourth-order valence-corrected chi connectivity index (χ4v) is 2.84. The number of benzene rings is 2. The summed E-state index contributed by atoms with van der Waals surface area (Å²) in [5, 5.41) is 12.2. The van der Waals surface area contributed by atoms with Gasteiger partial charge in [0.25, 0.3) is 0 Å². The van der Waals surface area contributed by atoms with Gasteiger partial charge in [-0.15, -0.1) is 0 Å². The van der Waals surface area contributed by atoms with Crippen molar-refractivity contribution in [2.24, 2.45) is 0 Å². The standard InChI is InChI=1S/C19H21ClFNO2/c1-2-16(22-11-6-12-23)14-9-10-15(20)17(18(14)21)19(24)13-7-4-3-5-8-13/h3-5,7-10,16,22-23H,2,6,11-12H2,1H3/t16-/m0/s1. The zero-order chi connectivity index (χ0) is 17.5. The van der Waals surface area contributed by atoms with E-state index < -0.39 is 11.6 Å². The maximum atomic E-state index is 15.0. The second-order valence-corrected chi connectivity index (χ2v) is 5.92. The van der Waals surface area contributed by atoms with E-state index in [-0.39, 0.29) is 23.2 Å². The van der Waals surface area contributed by atoms with E-state index in [1.807, 2.05) is 6.92 Å². The minimum Gasteiger partial charge on any atom is -0.396 e. The molecular weight excluding hydrogens is 329 g/mol. The van der Waals surface area contributed by atoms with Crippen LogP contribution in [0.2, 0.25) is 5.02 Å². The lowest BCUT2D eigenvalue weighted by molar-refractivity contribution is 0.103. The first-order valence-corrected chi connectivity index (χ1v) is 8.39. The number of hydrogen-bond acceptors (Lipinski definition) is 3. The van der Waals surface area contributed by atoms with Gasteiger partial charge in [0.1, 0.15) is 5.82 Å². The van der Waals surface area contributed by atoms with Crippen LogP contribution in [0.25, 0.3) is 0 Å². The summed E-state index contributed by atoms with van der Waals surface area (Å²) in [5.41, 5.74) is 0.721. The lowest BCUT2D eigenvalue weighted by Gasteiger charge is -2.19. The molecule has 2 rings (SSSR count). The van der Waals surface area contributed by atoms with Gasteiger partial charge in [-0.1, -0.05) is 54.9 Å². The van der Waals surface area contributed by atoms with E-state index >= 15 is 4.39 Å². The van der Waals surface area contributed by atoms with E-state index in [1.165, 1.54) is 0 Å². The van der Waals surface area contributed by atoms with Gasteiger partial charge in [0.2, 0.25) is 0 Å². The Morgan fingerprint density at radius 1 is 1.25 bits per heavy atom. The van der Waals surface area contributed by atoms with E-state index in [2.05, 4.69) is 5.32 Å². The fraction of sp³-hybridized carbons (Fsp3) is 0.316. The van der Waals surface area contributed by atoms with Crippen LogP contribution >= 0.6 is 11.6 Å². The smallest absolute Gasteiger partial charge is 0.197 e. The first-order chi connectivity index (χ1) is 11.6. The van der Waals surface area contributed by atoms with Crippen molar-refractivity contribution in [1.29, 1.82) is 0 Å². The summed E-state index contributed by atoms with van der Waals surface area (Å²) < 4.78 is 15.0. The van der Waals surface area contributed by atoms with Crippen molar-refractivity contribution in [3.8, 4) is 0 Å². The molecule has 0 aliphatic heterocycles. The van der Waals surface area contributed by atoms with Gasteiger partial charge in [-0.2, -0.15) is 0 Å². The van der Waals surface area contributed by atoms with Crippen molar-refractivity contribution < 1.29 is 14.3 Å². The largest absolute Gasteiger partial charge is 0.396 e. The highest BCUT2D eigenvalue weighted by Crippen LogP contribution is 2.29. The fourth-order valence-electron chi connectivity index (χ4n) is 2.61. The third kappa shape index (κ3) is 4.20. The molecule has 0 fully saturated rings. The van der Waals surface area contributed by atoms with Crippen LogP contribution in [0.1, 0.15) is 47.3 Å². The van der Waals surface area contributed by atoms with E-state index in [0.717, 1.165) is 0 Å². The third-order valence-electron chi connectivity index (χ3n) is 3.89. The number of carbonyl (C=O) groups is 1. The minimum atomic E-state index is -0.584. The number of aliphatic hydroxyl groups is 1. The maximum Gasteiger partial charge on any atom is 0.197 e. The summed E-state index contributed by atoms with van der Waals surface area (Å²) in [6.45, 7) is 2.58. The molecule has 0 aromatic heterocycles. The van der Waals surface area contributed by atoms with Gasteiger partial charge in [-0.3, -0.25) is 4.79 Å². The van der Waals surface area contributed by atoms with Crippen molar-refractivity contribution in [3.05, 3.63) is 70.0 Å². The Hall–Kier alpha value is -1.75. The molecule has 0 unspecified atom stereocenters. The zero-order valence-electron chi connectivity index (χ0n) is 13.6. The summed E-state index contributed by atoms with van der Waals surface area (Å²) in [6.07, 6.45) is 1.24. The van der Waals surface area contributed by atoms with E-state index in [0.29, 0.717) is 30.5 Å². The van der Waals surface area contributed by atoms with Crippen LogP contribution in [-0.2, 0) is 0 Å². The van der Waals surface area contributed by atoms with E-state index in [9.17, 15) is 4.79 Å². The molecule has 3 nitrogen and oxygen atoms in total. The van der Waals surface area contributed by atoms with Gasteiger partial charge in [-0.05, 0) is 25.5 Å². The predicted molar refractivity (Wildman–Crippen MR) is 94.0 cm³/mol. The van der Waals surface area contributed by atoms with Crippen LogP contribution in [-0.4, -0.2) is 24.0 Å². The topological polar surface area (TPSA) is 49.3 Å². The lowest BCUT2D eigenvalue weighted by Crippen LogP contribution is -2.24. The molecular formula is C19H21ClFNO2. The Morgan fingerprint density at radius 2 is 1.96 bits per heavy atom. The molecule has 2 N–H and O–H groups in total. The molecule has 0 saturated heterocycles. The Bertz CT molecular complexity index is 691. The van der Waals surface area contributed by atoms with E-state index in [4.69, 9.17) is 16.7 Å². The van der Waals surface area contributed by atoms with Gasteiger partial charge in [-0.25, -0.2) is 4.39 Å². The first kappa shape index (κ1) is 18.6. The number of nitrogens with one attached hydrogen (secondary N) is 1. The number of rotatable bonds is 8. The summed E-state index contributed by atoms with van der Waals surface area (Å²) >= 11 is 6.11. The monoisotopic (exact) mass is 349 g/mol. The average Bonchev–Trinajstić information content (AvgIpc) is 2.60. The highest BCUT2D eigenvalue weighted by Gasteiger charge is 2.23. The van der Waals surface area contributed by atoms with Crippen LogP contribution in [0.3, 0.4) is 0 Å². The normalized spacial score (nSPS) is 12.2. The molecule has 1 atom stereocenters. The van der Waals surface area contributed by atoms with Crippen LogP contribution in [0, 0.1) is 5.82 Å². The van der Waals surface area contributed by atoms with Crippen molar-refractivity contribution in [3.63, 3.8) is 0 Å². The molecule has 0 aliphatic carbocycles. The average molecular weight is 350 g/mol. The Labute approximate surface area is 146 Å². The molecule has 24 heavy (non-hydrogen) atoms. The molecule has 2 aromatic carbocycles. The molecule has 0 saturated carbocycles. The summed E-state index contributed by atoms with van der Waals surface area (Å²) in [6, 6.07) is 11.5. The van der Waals surface area contributed by atoms with Crippen molar-refractivity contribution in [1.82, 2.24) is 5.32 Å². The summed E-state index contributed by atoms with van der Waals surface area (Å²) in [4.78, 5) is 12.6. The summed E-state index contributed by atoms with van der Waals surface area (Å²) in [5.74, 6) is -1.01. The second-order valence-electron chi connectivity index (χ2n) is 5.51. The Kier molecular flexibility index (Phi) is 6.91. The molecule has 0 radical (unpaired) electrons. The highest BCUT2D eigenvalue weighted by molar-refractivity contribution is 6.35.